The fraction of sp³-hybridized carbons (Fsp3) is 0.250. The highest BCUT2D eigenvalue weighted by Crippen LogP contribution is 2.34. The third kappa shape index (κ3) is 6.87. The maximum Gasteiger partial charge on any atom is 0.417 e. The van der Waals surface area contributed by atoms with Crippen molar-refractivity contribution in [3.05, 3.63) is 82.2 Å². The summed E-state index contributed by atoms with van der Waals surface area (Å²) in [5, 5.41) is 13.5. The van der Waals surface area contributed by atoms with Crippen LogP contribution in [0.15, 0.2) is 48.7 Å². The summed E-state index contributed by atoms with van der Waals surface area (Å²) >= 11 is 0. The summed E-state index contributed by atoms with van der Waals surface area (Å²) in [6.07, 6.45) is -0.927. The van der Waals surface area contributed by atoms with Crippen molar-refractivity contribution in [1.29, 1.82) is 5.26 Å². The number of hydrogen-bond donors (Lipinski definition) is 0. The summed E-state index contributed by atoms with van der Waals surface area (Å²) in [4.78, 5) is 0. The molecule has 0 aliphatic heterocycles. The first-order valence-electron chi connectivity index (χ1n) is 10.1. The van der Waals surface area contributed by atoms with Crippen molar-refractivity contribution < 1.29 is 25.8 Å². The van der Waals surface area contributed by atoms with Gasteiger partial charge in [0.1, 0.15) is 5.75 Å². The molecule has 0 amide bonds. The number of alkyl halides is 3. The Kier molecular flexibility index (Phi) is 7.33. The van der Waals surface area contributed by atoms with Gasteiger partial charge < -0.3 is 4.18 Å². The van der Waals surface area contributed by atoms with Crippen molar-refractivity contribution in [3.8, 4) is 23.7 Å². The second kappa shape index (κ2) is 10.0. The maximum atomic E-state index is 13.6. The minimum absolute atomic E-state index is 0.323. The van der Waals surface area contributed by atoms with Gasteiger partial charge in [0.25, 0.3) is 0 Å². The molecule has 3 rings (SSSR count). The highest BCUT2D eigenvalue weighted by Gasteiger charge is 2.34. The predicted octanol–water partition coefficient (Wildman–Crippen LogP) is 4.45. The van der Waals surface area contributed by atoms with Crippen LogP contribution >= 0.6 is 0 Å². The first-order chi connectivity index (χ1) is 15.9. The lowest BCUT2D eigenvalue weighted by Gasteiger charge is -2.11. The standard InChI is InChI=1S/C24H20F3N3O3S/c1-17-11-13-30(29-17)12-3-4-21-14-18(16-28)5-6-19(21)7-8-20-9-10-22(33-34(2,31)32)15-23(20)24(25,26)27/h5-6,9-11,13-15H,3-4,12H2,1-2H3. The summed E-state index contributed by atoms with van der Waals surface area (Å²) in [6.45, 7) is 2.52. The van der Waals surface area contributed by atoms with E-state index in [-0.39, 0.29) is 5.56 Å². The second-order valence-electron chi connectivity index (χ2n) is 7.55. The van der Waals surface area contributed by atoms with E-state index in [2.05, 4.69) is 27.2 Å². The molecule has 0 spiro atoms. The largest absolute Gasteiger partial charge is 0.417 e. The van der Waals surface area contributed by atoms with E-state index in [4.69, 9.17) is 0 Å². The van der Waals surface area contributed by atoms with E-state index in [1.54, 1.807) is 22.9 Å². The van der Waals surface area contributed by atoms with E-state index in [1.165, 1.54) is 0 Å². The number of benzene rings is 2. The van der Waals surface area contributed by atoms with Gasteiger partial charge in [0.15, 0.2) is 0 Å². The molecule has 0 atom stereocenters. The van der Waals surface area contributed by atoms with E-state index in [1.807, 2.05) is 19.2 Å². The zero-order valence-corrected chi connectivity index (χ0v) is 19.2. The summed E-state index contributed by atoms with van der Waals surface area (Å²) in [7, 11) is -3.98. The third-order valence-corrected chi connectivity index (χ3v) is 5.21. The minimum Gasteiger partial charge on any atom is -0.383 e. The molecule has 3 aromatic rings. The van der Waals surface area contributed by atoms with E-state index < -0.39 is 27.6 Å². The molecule has 0 unspecified atom stereocenters. The average Bonchev–Trinajstić information content (AvgIpc) is 3.16. The van der Waals surface area contributed by atoms with E-state index in [0.29, 0.717) is 36.6 Å². The Morgan fingerprint density at radius 3 is 2.41 bits per heavy atom. The molecule has 0 bridgehead atoms. The molecule has 2 aromatic carbocycles. The molecule has 0 aliphatic carbocycles. The number of nitrogens with zero attached hydrogens (tertiary/aromatic N) is 3. The van der Waals surface area contributed by atoms with Crippen LogP contribution in [-0.2, 0) is 29.3 Å². The van der Waals surface area contributed by atoms with Crippen molar-refractivity contribution in [2.75, 3.05) is 6.26 Å². The lowest BCUT2D eigenvalue weighted by atomic mass is 9.99. The van der Waals surface area contributed by atoms with Gasteiger partial charge in [-0.05, 0) is 67.8 Å². The molecule has 176 valence electrons. The van der Waals surface area contributed by atoms with Crippen LogP contribution in [0.2, 0.25) is 0 Å². The Hall–Kier alpha value is -3.76. The van der Waals surface area contributed by atoms with Crippen molar-refractivity contribution in [3.63, 3.8) is 0 Å². The van der Waals surface area contributed by atoms with Gasteiger partial charge in [-0.3, -0.25) is 4.68 Å². The Morgan fingerprint density at radius 2 is 1.79 bits per heavy atom. The highest BCUT2D eigenvalue weighted by atomic mass is 32.2. The Labute approximate surface area is 195 Å². The summed E-state index contributed by atoms with van der Waals surface area (Å²) in [5.74, 6) is 4.86. The number of aromatic nitrogens is 2. The summed E-state index contributed by atoms with van der Waals surface area (Å²) in [5.41, 5.74) is 1.13. The predicted molar refractivity (Wildman–Crippen MR) is 119 cm³/mol. The molecule has 6 nitrogen and oxygen atoms in total. The van der Waals surface area contributed by atoms with Gasteiger partial charge in [-0.1, -0.05) is 11.8 Å². The van der Waals surface area contributed by atoms with Crippen LogP contribution in [0, 0.1) is 30.1 Å². The normalized spacial score (nSPS) is 11.4. The zero-order valence-electron chi connectivity index (χ0n) is 18.3. The van der Waals surface area contributed by atoms with Gasteiger partial charge in [-0.2, -0.15) is 31.9 Å². The zero-order chi connectivity index (χ0) is 24.9. The molecule has 0 saturated heterocycles. The van der Waals surface area contributed by atoms with Crippen molar-refractivity contribution in [2.24, 2.45) is 0 Å². The van der Waals surface area contributed by atoms with Crippen molar-refractivity contribution in [2.45, 2.75) is 32.5 Å². The lowest BCUT2D eigenvalue weighted by molar-refractivity contribution is -0.137. The van der Waals surface area contributed by atoms with E-state index in [0.717, 1.165) is 29.6 Å². The van der Waals surface area contributed by atoms with Crippen LogP contribution in [0.5, 0.6) is 5.75 Å². The quantitative estimate of drug-likeness (QED) is 0.379. The van der Waals surface area contributed by atoms with Crippen LogP contribution in [0.4, 0.5) is 13.2 Å². The van der Waals surface area contributed by atoms with E-state index >= 15 is 0 Å². The SMILES string of the molecule is Cc1ccn(CCCc2cc(C#N)ccc2C#Cc2ccc(OS(C)(=O)=O)cc2C(F)(F)F)n1. The summed E-state index contributed by atoms with van der Waals surface area (Å²) < 4.78 is 69.6. The first kappa shape index (κ1) is 24.9. The lowest BCUT2D eigenvalue weighted by Crippen LogP contribution is -2.10. The van der Waals surface area contributed by atoms with Gasteiger partial charge in [0.2, 0.25) is 0 Å². The van der Waals surface area contributed by atoms with Gasteiger partial charge in [-0.25, -0.2) is 0 Å². The smallest absolute Gasteiger partial charge is 0.383 e. The summed E-state index contributed by atoms with van der Waals surface area (Å²) in [6, 6.07) is 11.6. The van der Waals surface area contributed by atoms with Gasteiger partial charge in [0, 0.05) is 23.9 Å². The average molecular weight is 488 g/mol. The van der Waals surface area contributed by atoms with Crippen LogP contribution < -0.4 is 4.18 Å². The van der Waals surface area contributed by atoms with Gasteiger partial charge >= 0.3 is 16.3 Å². The monoisotopic (exact) mass is 487 g/mol. The van der Waals surface area contributed by atoms with E-state index in [9.17, 15) is 26.9 Å². The molecule has 1 aromatic heterocycles. The third-order valence-electron chi connectivity index (χ3n) is 4.72. The van der Waals surface area contributed by atoms with Crippen LogP contribution in [0.25, 0.3) is 0 Å². The molecule has 10 heteroatoms. The fourth-order valence-corrected chi connectivity index (χ4v) is 3.69. The highest BCUT2D eigenvalue weighted by molar-refractivity contribution is 7.86. The first-order valence-corrected chi connectivity index (χ1v) is 11.9. The Bertz CT molecular complexity index is 1410. The maximum absolute atomic E-state index is 13.6. The molecule has 0 radical (unpaired) electrons. The van der Waals surface area contributed by atoms with Crippen LogP contribution in [0.3, 0.4) is 0 Å². The molecule has 0 N–H and O–H groups in total. The van der Waals surface area contributed by atoms with Gasteiger partial charge in [-0.15, -0.1) is 0 Å². The van der Waals surface area contributed by atoms with Crippen molar-refractivity contribution >= 4 is 10.1 Å². The fourth-order valence-electron chi connectivity index (χ4n) is 3.24. The molecule has 1 heterocycles. The minimum atomic E-state index is -4.77. The molecular weight excluding hydrogens is 467 g/mol. The number of halogens is 3. The molecule has 0 aliphatic rings. The van der Waals surface area contributed by atoms with Crippen LogP contribution in [-0.4, -0.2) is 24.5 Å². The topological polar surface area (TPSA) is 85.0 Å². The second-order valence-corrected chi connectivity index (χ2v) is 9.12. The molecule has 0 saturated carbocycles. The number of nitriles is 1. The van der Waals surface area contributed by atoms with Gasteiger partial charge in [0.05, 0.1) is 29.1 Å². The molecule has 0 fully saturated rings. The number of hydrogen-bond acceptors (Lipinski definition) is 5. The molecular formula is C24H20F3N3O3S. The van der Waals surface area contributed by atoms with Crippen LogP contribution in [0.1, 0.15) is 39.9 Å². The van der Waals surface area contributed by atoms with Crippen molar-refractivity contribution in [1.82, 2.24) is 9.78 Å². The molecule has 34 heavy (non-hydrogen) atoms. The Morgan fingerprint density at radius 1 is 1.09 bits per heavy atom. The number of rotatable bonds is 6. The Balaban J connectivity index is 1.91. The number of aryl methyl sites for hydroxylation is 3.